The fourth-order valence-electron chi connectivity index (χ4n) is 2.22. The van der Waals surface area contributed by atoms with Crippen molar-refractivity contribution in [1.29, 1.82) is 5.26 Å². The maximum atomic E-state index is 11.5. The van der Waals surface area contributed by atoms with Crippen LogP contribution in [0.2, 0.25) is 0 Å². The second-order valence-electron chi connectivity index (χ2n) is 5.71. The summed E-state index contributed by atoms with van der Waals surface area (Å²) in [6.45, 7) is 4.01. The zero-order valence-corrected chi connectivity index (χ0v) is 12.6. The molecule has 0 spiro atoms. The lowest BCUT2D eigenvalue weighted by Gasteiger charge is -2.24. The molecule has 3 atom stereocenters. The van der Waals surface area contributed by atoms with E-state index in [1.54, 1.807) is 0 Å². The fourth-order valence-corrected chi connectivity index (χ4v) is 2.22. The topological polar surface area (TPSA) is 105 Å². The van der Waals surface area contributed by atoms with Crippen molar-refractivity contribution >= 4 is 5.91 Å². The summed E-state index contributed by atoms with van der Waals surface area (Å²) in [4.78, 5) is 11.5. The van der Waals surface area contributed by atoms with E-state index in [2.05, 4.69) is 11.4 Å². The summed E-state index contributed by atoms with van der Waals surface area (Å²) in [6, 6.07) is 10.3. The molecule has 1 rings (SSSR count). The highest BCUT2D eigenvalue weighted by molar-refractivity contribution is 5.79. The highest BCUT2D eigenvalue weighted by atomic mass is 16.1. The van der Waals surface area contributed by atoms with Crippen LogP contribution in [0, 0.1) is 17.2 Å². The van der Waals surface area contributed by atoms with E-state index >= 15 is 0 Å². The van der Waals surface area contributed by atoms with Crippen molar-refractivity contribution in [3.05, 3.63) is 35.9 Å². The van der Waals surface area contributed by atoms with E-state index in [0.717, 1.165) is 5.56 Å². The summed E-state index contributed by atoms with van der Waals surface area (Å²) in [6.07, 6.45) is 1.16. The van der Waals surface area contributed by atoms with Crippen molar-refractivity contribution in [1.82, 2.24) is 5.32 Å². The van der Waals surface area contributed by atoms with Crippen molar-refractivity contribution in [2.75, 3.05) is 0 Å². The van der Waals surface area contributed by atoms with Gasteiger partial charge in [-0.15, -0.1) is 0 Å². The highest BCUT2D eigenvalue weighted by Gasteiger charge is 2.25. The van der Waals surface area contributed by atoms with Gasteiger partial charge in [-0.05, 0) is 24.3 Å². The van der Waals surface area contributed by atoms with E-state index in [0.29, 0.717) is 18.8 Å². The van der Waals surface area contributed by atoms with Crippen LogP contribution in [0.1, 0.15) is 25.8 Å². The second kappa shape index (κ2) is 8.40. The Hall–Kier alpha value is -1.90. The number of benzene rings is 1. The van der Waals surface area contributed by atoms with Crippen molar-refractivity contribution in [2.24, 2.45) is 17.4 Å². The first-order chi connectivity index (χ1) is 9.93. The number of hydrogen-bond acceptors (Lipinski definition) is 4. The van der Waals surface area contributed by atoms with E-state index in [-0.39, 0.29) is 0 Å². The Bertz CT molecular complexity index is 481. The number of hydrogen-bond donors (Lipinski definition) is 3. The average Bonchev–Trinajstić information content (AvgIpc) is 2.43. The van der Waals surface area contributed by atoms with Crippen LogP contribution in [-0.4, -0.2) is 24.0 Å². The van der Waals surface area contributed by atoms with E-state index in [1.807, 2.05) is 44.2 Å². The molecule has 0 fully saturated rings. The predicted molar refractivity (Wildman–Crippen MR) is 83.1 cm³/mol. The molecule has 0 bridgehead atoms. The summed E-state index contributed by atoms with van der Waals surface area (Å²) >= 11 is 0. The molecule has 0 aromatic heterocycles. The summed E-state index contributed by atoms with van der Waals surface area (Å²) < 4.78 is 0. The molecule has 0 aliphatic heterocycles. The average molecular weight is 288 g/mol. The van der Waals surface area contributed by atoms with Crippen LogP contribution in [0.4, 0.5) is 0 Å². The molecule has 114 valence electrons. The lowest BCUT2D eigenvalue weighted by Crippen LogP contribution is -2.53. The number of rotatable bonds is 8. The van der Waals surface area contributed by atoms with Gasteiger partial charge in [0.05, 0.1) is 12.1 Å². The number of nitrogens with two attached hydrogens (primary N) is 2. The molecule has 0 unspecified atom stereocenters. The van der Waals surface area contributed by atoms with E-state index < -0.39 is 24.0 Å². The molecule has 0 saturated heterocycles. The van der Waals surface area contributed by atoms with Gasteiger partial charge in [0.2, 0.25) is 5.91 Å². The molecule has 0 radical (unpaired) electrons. The third kappa shape index (κ3) is 5.94. The van der Waals surface area contributed by atoms with E-state index in [4.69, 9.17) is 11.5 Å². The maximum Gasteiger partial charge on any atom is 0.234 e. The highest BCUT2D eigenvalue weighted by Crippen LogP contribution is 2.08. The quantitative estimate of drug-likeness (QED) is 0.662. The molecule has 0 saturated carbocycles. The molecule has 0 aliphatic rings. The summed E-state index contributed by atoms with van der Waals surface area (Å²) in [5.74, 6) is -0.143. The molecule has 5 N–H and O–H groups in total. The monoisotopic (exact) mass is 288 g/mol. The van der Waals surface area contributed by atoms with Gasteiger partial charge in [0.25, 0.3) is 0 Å². The molecule has 0 aliphatic carbocycles. The van der Waals surface area contributed by atoms with E-state index in [9.17, 15) is 10.1 Å². The van der Waals surface area contributed by atoms with Gasteiger partial charge in [0.1, 0.15) is 6.04 Å². The Labute approximate surface area is 126 Å². The van der Waals surface area contributed by atoms with E-state index in [1.165, 1.54) is 0 Å². The van der Waals surface area contributed by atoms with Gasteiger partial charge in [-0.3, -0.25) is 10.1 Å². The van der Waals surface area contributed by atoms with Crippen LogP contribution in [0.5, 0.6) is 0 Å². The van der Waals surface area contributed by atoms with Gasteiger partial charge in [-0.2, -0.15) is 5.26 Å². The molecule has 1 aromatic rings. The fraction of sp³-hybridized carbons (Fsp3) is 0.500. The Morgan fingerprint density at radius 2 is 1.95 bits per heavy atom. The predicted octanol–water partition coefficient (Wildman–Crippen LogP) is 0.938. The van der Waals surface area contributed by atoms with Gasteiger partial charge >= 0.3 is 0 Å². The van der Waals surface area contributed by atoms with Gasteiger partial charge in [-0.25, -0.2) is 0 Å². The molecular weight excluding hydrogens is 264 g/mol. The Morgan fingerprint density at radius 3 is 2.43 bits per heavy atom. The van der Waals surface area contributed by atoms with Gasteiger partial charge in [0, 0.05) is 6.04 Å². The smallest absolute Gasteiger partial charge is 0.234 e. The van der Waals surface area contributed by atoms with Crippen LogP contribution in [0.25, 0.3) is 0 Å². The van der Waals surface area contributed by atoms with Gasteiger partial charge in [0.15, 0.2) is 0 Å². The van der Waals surface area contributed by atoms with Crippen LogP contribution in [-0.2, 0) is 11.2 Å². The SMILES string of the molecule is CC(C)C[C@H](N[C@H](C#N)[C@@H](N)Cc1ccccc1)C(N)=O. The number of nitrogens with one attached hydrogen (secondary N) is 1. The normalized spacial score (nSPS) is 15.2. The van der Waals surface area contributed by atoms with Crippen molar-refractivity contribution in [3.8, 4) is 6.07 Å². The largest absolute Gasteiger partial charge is 0.368 e. The lowest BCUT2D eigenvalue weighted by molar-refractivity contribution is -0.120. The summed E-state index contributed by atoms with van der Waals surface area (Å²) in [7, 11) is 0. The molecule has 5 nitrogen and oxygen atoms in total. The Balaban J connectivity index is 2.68. The standard InChI is InChI=1S/C16H24N4O/c1-11(2)8-14(16(19)21)20-15(10-17)13(18)9-12-6-4-3-5-7-12/h3-7,11,13-15,20H,8-9,18H2,1-2H3,(H2,19,21)/t13-,14-,15+/m0/s1. The van der Waals surface area contributed by atoms with Crippen LogP contribution < -0.4 is 16.8 Å². The molecule has 1 aromatic carbocycles. The number of nitriles is 1. The molecular formula is C16H24N4O. The van der Waals surface area contributed by atoms with Crippen LogP contribution >= 0.6 is 0 Å². The third-order valence-electron chi connectivity index (χ3n) is 3.31. The maximum absolute atomic E-state index is 11.5. The Morgan fingerprint density at radius 1 is 1.33 bits per heavy atom. The first kappa shape index (κ1) is 17.2. The molecule has 1 amide bonds. The number of carbonyl (C=O) groups is 1. The minimum Gasteiger partial charge on any atom is -0.368 e. The third-order valence-corrected chi connectivity index (χ3v) is 3.31. The Kier molecular flexibility index (Phi) is 6.86. The summed E-state index contributed by atoms with van der Waals surface area (Å²) in [5, 5.41) is 12.3. The molecule has 5 heteroatoms. The van der Waals surface area contributed by atoms with Crippen molar-refractivity contribution in [2.45, 2.75) is 44.8 Å². The number of carbonyl (C=O) groups excluding carboxylic acids is 1. The number of primary amides is 1. The molecule has 21 heavy (non-hydrogen) atoms. The zero-order valence-electron chi connectivity index (χ0n) is 12.6. The van der Waals surface area contributed by atoms with Gasteiger partial charge < -0.3 is 11.5 Å². The van der Waals surface area contributed by atoms with Crippen LogP contribution in [0.3, 0.4) is 0 Å². The first-order valence-electron chi connectivity index (χ1n) is 7.18. The second-order valence-corrected chi connectivity index (χ2v) is 5.71. The minimum atomic E-state index is -0.610. The van der Waals surface area contributed by atoms with Gasteiger partial charge in [-0.1, -0.05) is 44.2 Å². The van der Waals surface area contributed by atoms with Crippen molar-refractivity contribution < 1.29 is 4.79 Å². The van der Waals surface area contributed by atoms with Crippen LogP contribution in [0.15, 0.2) is 30.3 Å². The first-order valence-corrected chi connectivity index (χ1v) is 7.18. The minimum absolute atomic E-state index is 0.305. The zero-order chi connectivity index (χ0) is 15.8. The number of amides is 1. The molecule has 0 heterocycles. The summed E-state index contributed by atoms with van der Waals surface area (Å²) in [5.41, 5.74) is 12.6. The lowest BCUT2D eigenvalue weighted by atomic mass is 9.98. The number of nitrogens with zero attached hydrogens (tertiary/aromatic N) is 1. The van der Waals surface area contributed by atoms with Crippen molar-refractivity contribution in [3.63, 3.8) is 0 Å².